The molecule has 1 atom stereocenters. The topological polar surface area (TPSA) is 83.7 Å². The van der Waals surface area contributed by atoms with Gasteiger partial charge >= 0.3 is 0 Å². The Bertz CT molecular complexity index is 627. The van der Waals surface area contributed by atoms with Gasteiger partial charge in [-0.2, -0.15) is 4.31 Å². The second-order valence-corrected chi connectivity index (χ2v) is 6.91. The Morgan fingerprint density at radius 3 is 2.43 bits per heavy atom. The Labute approximate surface area is 123 Å². The summed E-state index contributed by atoms with van der Waals surface area (Å²) in [6, 6.07) is 4.52. The molecule has 1 fully saturated rings. The van der Waals surface area contributed by atoms with Gasteiger partial charge in [-0.3, -0.25) is 9.69 Å². The van der Waals surface area contributed by atoms with Crippen LogP contribution in [0, 0.1) is 5.82 Å². The summed E-state index contributed by atoms with van der Waals surface area (Å²) in [5.41, 5.74) is 5.24. The molecule has 1 saturated heterocycles. The number of halogens is 1. The van der Waals surface area contributed by atoms with Crippen LogP contribution in [0.5, 0.6) is 0 Å². The molecule has 21 heavy (non-hydrogen) atoms. The molecule has 0 bridgehead atoms. The lowest BCUT2D eigenvalue weighted by Gasteiger charge is -2.36. The zero-order valence-corrected chi connectivity index (χ0v) is 12.5. The number of rotatable bonds is 4. The number of hydrogen-bond acceptors (Lipinski definition) is 4. The number of hydrogen-bond donors (Lipinski definition) is 1. The molecule has 1 heterocycles. The van der Waals surface area contributed by atoms with Gasteiger partial charge in [-0.25, -0.2) is 12.8 Å². The second kappa shape index (κ2) is 6.08. The van der Waals surface area contributed by atoms with Gasteiger partial charge in [0.25, 0.3) is 0 Å². The minimum atomic E-state index is -3.70. The lowest BCUT2D eigenvalue weighted by molar-refractivity contribution is -0.123. The summed E-state index contributed by atoms with van der Waals surface area (Å²) in [5, 5.41) is 0. The van der Waals surface area contributed by atoms with E-state index in [2.05, 4.69) is 0 Å². The van der Waals surface area contributed by atoms with E-state index in [1.54, 1.807) is 6.92 Å². The fourth-order valence-corrected chi connectivity index (χ4v) is 3.74. The average Bonchev–Trinajstić information content (AvgIpc) is 2.46. The monoisotopic (exact) mass is 315 g/mol. The summed E-state index contributed by atoms with van der Waals surface area (Å²) < 4.78 is 39.3. The summed E-state index contributed by atoms with van der Waals surface area (Å²) in [6.45, 7) is 3.02. The zero-order chi connectivity index (χ0) is 15.6. The molecule has 2 N–H and O–H groups in total. The summed E-state index contributed by atoms with van der Waals surface area (Å²) in [5.74, 6) is -1.02. The molecule has 1 aromatic carbocycles. The fraction of sp³-hybridized carbons (Fsp3) is 0.462. The van der Waals surface area contributed by atoms with Crippen LogP contribution >= 0.6 is 0 Å². The maximum Gasteiger partial charge on any atom is 0.243 e. The van der Waals surface area contributed by atoms with Crippen LogP contribution in [0.2, 0.25) is 0 Å². The molecule has 8 heteroatoms. The fourth-order valence-electron chi connectivity index (χ4n) is 2.29. The Hall–Kier alpha value is -1.51. The number of sulfonamides is 1. The van der Waals surface area contributed by atoms with E-state index < -0.39 is 27.8 Å². The summed E-state index contributed by atoms with van der Waals surface area (Å²) in [6.07, 6.45) is 0. The highest BCUT2D eigenvalue weighted by atomic mass is 32.2. The minimum absolute atomic E-state index is 0.0566. The molecule has 0 aromatic heterocycles. The van der Waals surface area contributed by atoms with Crippen LogP contribution in [0.25, 0.3) is 0 Å². The van der Waals surface area contributed by atoms with Gasteiger partial charge in [0.15, 0.2) is 0 Å². The third kappa shape index (κ3) is 3.39. The largest absolute Gasteiger partial charge is 0.368 e. The molecule has 1 amide bonds. The second-order valence-electron chi connectivity index (χ2n) is 4.98. The number of nitrogens with zero attached hydrogens (tertiary/aromatic N) is 2. The number of amides is 1. The van der Waals surface area contributed by atoms with Crippen molar-refractivity contribution in [2.75, 3.05) is 26.2 Å². The predicted molar refractivity (Wildman–Crippen MR) is 75.4 cm³/mol. The maximum atomic E-state index is 13.2. The molecule has 0 aliphatic carbocycles. The number of benzene rings is 1. The molecular formula is C13H18FN3O3S. The van der Waals surface area contributed by atoms with Crippen LogP contribution in [0.1, 0.15) is 6.92 Å². The van der Waals surface area contributed by atoms with Crippen molar-refractivity contribution < 1.29 is 17.6 Å². The van der Waals surface area contributed by atoms with E-state index in [0.717, 1.165) is 6.07 Å². The average molecular weight is 315 g/mol. The molecule has 1 aromatic rings. The highest BCUT2D eigenvalue weighted by molar-refractivity contribution is 7.89. The maximum absolute atomic E-state index is 13.2. The molecule has 1 aliphatic rings. The quantitative estimate of drug-likeness (QED) is 0.848. The Kier molecular flexibility index (Phi) is 4.60. The first-order valence-electron chi connectivity index (χ1n) is 6.61. The molecule has 6 nitrogen and oxygen atoms in total. The number of nitrogens with two attached hydrogens (primary N) is 1. The van der Waals surface area contributed by atoms with E-state index in [9.17, 15) is 17.6 Å². The molecular weight excluding hydrogens is 297 g/mol. The van der Waals surface area contributed by atoms with E-state index in [1.807, 2.05) is 4.90 Å². The molecule has 0 spiro atoms. The van der Waals surface area contributed by atoms with Gasteiger partial charge in [-0.15, -0.1) is 0 Å². The van der Waals surface area contributed by atoms with Gasteiger partial charge < -0.3 is 5.73 Å². The number of carbonyl (C=O) groups excluding carboxylic acids is 1. The molecule has 116 valence electrons. The predicted octanol–water partition coefficient (Wildman–Crippen LogP) is 0.00580. The van der Waals surface area contributed by atoms with Crippen molar-refractivity contribution in [1.82, 2.24) is 9.21 Å². The highest BCUT2D eigenvalue weighted by Crippen LogP contribution is 2.19. The van der Waals surface area contributed by atoms with Crippen molar-refractivity contribution in [1.29, 1.82) is 0 Å². The van der Waals surface area contributed by atoms with Gasteiger partial charge in [0, 0.05) is 26.2 Å². The lowest BCUT2D eigenvalue weighted by atomic mass is 10.2. The first-order chi connectivity index (χ1) is 9.82. The van der Waals surface area contributed by atoms with Crippen molar-refractivity contribution in [3.63, 3.8) is 0 Å². The third-order valence-electron chi connectivity index (χ3n) is 3.67. The number of carbonyl (C=O) groups is 1. The van der Waals surface area contributed by atoms with Crippen LogP contribution in [0.4, 0.5) is 4.39 Å². The van der Waals surface area contributed by atoms with Gasteiger partial charge in [-0.1, -0.05) is 6.07 Å². The van der Waals surface area contributed by atoms with Crippen LogP contribution in [0.3, 0.4) is 0 Å². The Morgan fingerprint density at radius 2 is 1.90 bits per heavy atom. The molecule has 0 unspecified atom stereocenters. The summed E-state index contributed by atoms with van der Waals surface area (Å²) in [4.78, 5) is 12.9. The number of piperazine rings is 1. The van der Waals surface area contributed by atoms with Gasteiger partial charge in [0.05, 0.1) is 10.9 Å². The van der Waals surface area contributed by atoms with Gasteiger partial charge in [-0.05, 0) is 25.1 Å². The van der Waals surface area contributed by atoms with Crippen LogP contribution < -0.4 is 5.73 Å². The van der Waals surface area contributed by atoms with E-state index in [4.69, 9.17) is 5.73 Å². The summed E-state index contributed by atoms with van der Waals surface area (Å²) >= 11 is 0. The van der Waals surface area contributed by atoms with E-state index in [1.165, 1.54) is 22.5 Å². The van der Waals surface area contributed by atoms with Crippen molar-refractivity contribution >= 4 is 15.9 Å². The smallest absolute Gasteiger partial charge is 0.243 e. The Balaban J connectivity index is 2.09. The molecule has 1 aliphatic heterocycles. The minimum Gasteiger partial charge on any atom is -0.368 e. The van der Waals surface area contributed by atoms with Crippen LogP contribution in [-0.2, 0) is 14.8 Å². The van der Waals surface area contributed by atoms with Crippen molar-refractivity contribution in [3.8, 4) is 0 Å². The van der Waals surface area contributed by atoms with E-state index >= 15 is 0 Å². The Morgan fingerprint density at radius 1 is 1.29 bits per heavy atom. The zero-order valence-electron chi connectivity index (χ0n) is 11.7. The number of primary amides is 1. The van der Waals surface area contributed by atoms with Crippen LogP contribution in [0.15, 0.2) is 29.2 Å². The van der Waals surface area contributed by atoms with E-state index in [0.29, 0.717) is 13.1 Å². The standard InChI is InChI=1S/C13H18FN3O3S/c1-10(13(15)18)16-5-7-17(8-6-16)21(19,20)12-4-2-3-11(14)9-12/h2-4,9-10H,5-8H2,1H3,(H2,15,18)/t10-/m1/s1. The van der Waals surface area contributed by atoms with Crippen LogP contribution in [-0.4, -0.2) is 55.8 Å². The van der Waals surface area contributed by atoms with Crippen molar-refractivity contribution in [3.05, 3.63) is 30.1 Å². The normalized spacial score (nSPS) is 19.3. The summed E-state index contributed by atoms with van der Waals surface area (Å²) in [7, 11) is -3.70. The SMILES string of the molecule is C[C@H](C(N)=O)N1CCN(S(=O)(=O)c2cccc(F)c2)CC1. The van der Waals surface area contributed by atoms with Crippen molar-refractivity contribution in [2.24, 2.45) is 5.73 Å². The molecule has 0 radical (unpaired) electrons. The lowest BCUT2D eigenvalue weighted by Crippen LogP contribution is -2.54. The van der Waals surface area contributed by atoms with Gasteiger partial charge in [0.1, 0.15) is 5.82 Å². The van der Waals surface area contributed by atoms with Crippen molar-refractivity contribution in [2.45, 2.75) is 17.9 Å². The van der Waals surface area contributed by atoms with E-state index in [-0.39, 0.29) is 18.0 Å². The van der Waals surface area contributed by atoms with Gasteiger partial charge in [0.2, 0.25) is 15.9 Å². The third-order valence-corrected chi connectivity index (χ3v) is 5.56. The molecule has 0 saturated carbocycles. The first kappa shape index (κ1) is 15.9. The first-order valence-corrected chi connectivity index (χ1v) is 8.05. The molecule has 2 rings (SSSR count). The highest BCUT2D eigenvalue weighted by Gasteiger charge is 2.31.